The van der Waals surface area contributed by atoms with E-state index in [9.17, 15) is 23.2 Å². The number of halogens is 4. The van der Waals surface area contributed by atoms with E-state index < -0.39 is 24.5 Å². The fourth-order valence-corrected chi connectivity index (χ4v) is 3.21. The van der Waals surface area contributed by atoms with Crippen LogP contribution in [-0.2, 0) is 12.8 Å². The first-order valence-electron chi connectivity index (χ1n) is 7.50. The van der Waals surface area contributed by atoms with E-state index in [2.05, 4.69) is 20.9 Å². The van der Waals surface area contributed by atoms with Gasteiger partial charge in [-0.3, -0.25) is 0 Å². The summed E-state index contributed by atoms with van der Waals surface area (Å²) < 4.78 is 45.1. The fraction of sp³-hybridized carbons (Fsp3) is 0.118. The molecule has 0 fully saturated rings. The van der Waals surface area contributed by atoms with Gasteiger partial charge in [-0.25, -0.2) is 4.98 Å². The number of fused-ring (bicyclic) bond motifs is 1. The minimum absolute atomic E-state index is 0.0562. The summed E-state index contributed by atoms with van der Waals surface area (Å²) >= 11 is 3.04. The van der Waals surface area contributed by atoms with Crippen molar-refractivity contribution < 1.29 is 28.0 Å². The van der Waals surface area contributed by atoms with Crippen LogP contribution in [0, 0.1) is 0 Å². The third-order valence-corrected chi connectivity index (χ3v) is 4.56. The molecule has 2 N–H and O–H groups in total. The van der Waals surface area contributed by atoms with Crippen LogP contribution in [-0.4, -0.2) is 22.2 Å². The molecule has 26 heavy (non-hydrogen) atoms. The zero-order valence-corrected chi connectivity index (χ0v) is 14.8. The summed E-state index contributed by atoms with van der Waals surface area (Å²) in [6.45, 7) is 0.285. The number of ether oxygens (including phenoxy) is 1. The highest BCUT2D eigenvalue weighted by Gasteiger charge is 2.40. The van der Waals surface area contributed by atoms with Gasteiger partial charge in [0.05, 0.1) is 5.52 Å². The van der Waals surface area contributed by atoms with Crippen LogP contribution in [0.3, 0.4) is 0 Å². The van der Waals surface area contributed by atoms with Crippen molar-refractivity contribution in [2.75, 3.05) is 0 Å². The first-order valence-corrected chi connectivity index (χ1v) is 8.30. The number of hydrogen-bond acceptors (Lipinski definition) is 4. The summed E-state index contributed by atoms with van der Waals surface area (Å²) in [4.78, 5) is 3.56. The maximum Gasteiger partial charge on any atom is 0.491 e. The average Bonchev–Trinajstić information content (AvgIpc) is 2.59. The quantitative estimate of drug-likeness (QED) is 0.630. The van der Waals surface area contributed by atoms with E-state index in [-0.39, 0.29) is 22.0 Å². The second-order valence-corrected chi connectivity index (χ2v) is 6.31. The highest BCUT2D eigenvalue weighted by molar-refractivity contribution is 9.10. The number of alkyl halides is 3. The molecular weight excluding hydrogens is 414 g/mol. The normalized spacial score (nSPS) is 11.6. The molecule has 0 saturated carbocycles. The molecule has 134 valence electrons. The molecule has 0 atom stereocenters. The van der Waals surface area contributed by atoms with Gasteiger partial charge < -0.3 is 14.8 Å². The molecule has 1 heterocycles. The lowest BCUT2D eigenvalue weighted by Crippen LogP contribution is -2.38. The molecule has 0 aliphatic heterocycles. The molecule has 0 saturated heterocycles. The molecule has 0 amide bonds. The van der Waals surface area contributed by atoms with Crippen molar-refractivity contribution in [3.63, 3.8) is 0 Å². The summed E-state index contributed by atoms with van der Waals surface area (Å²) in [5.74, 6) is 0.419. The highest BCUT2D eigenvalue weighted by atomic mass is 79.9. The predicted molar refractivity (Wildman–Crippen MR) is 95.0 cm³/mol. The first kappa shape index (κ1) is 18.7. The van der Waals surface area contributed by atoms with E-state index in [0.717, 1.165) is 5.56 Å². The number of benzene rings is 2. The molecule has 0 spiro atoms. The van der Waals surface area contributed by atoms with Crippen LogP contribution >= 0.6 is 15.9 Å². The Kier molecular flexibility index (Phi) is 5.22. The summed E-state index contributed by atoms with van der Waals surface area (Å²) in [7, 11) is -2.33. The van der Waals surface area contributed by atoms with Crippen molar-refractivity contribution in [1.29, 1.82) is 0 Å². The maximum atomic E-state index is 13.2. The SMILES string of the molecule is OB(O)c1c(C(F)(F)F)nc2ccc(OCc3ccccc3)cc2c1Br. The Balaban J connectivity index is 2.02. The van der Waals surface area contributed by atoms with E-state index in [0.29, 0.717) is 5.75 Å². The molecule has 3 rings (SSSR count). The standard InChI is InChI=1S/C17H12BBrF3NO3/c19-15-12-8-11(26-9-10-4-2-1-3-5-10)6-7-13(12)23-16(17(20,21)22)14(15)18(24)25/h1-8,24-25H,9H2. The van der Waals surface area contributed by atoms with E-state index in [1.165, 1.54) is 18.2 Å². The van der Waals surface area contributed by atoms with Crippen molar-refractivity contribution in [2.24, 2.45) is 0 Å². The lowest BCUT2D eigenvalue weighted by atomic mass is 9.78. The van der Waals surface area contributed by atoms with Gasteiger partial charge >= 0.3 is 13.3 Å². The van der Waals surface area contributed by atoms with E-state index in [1.807, 2.05) is 30.3 Å². The third-order valence-electron chi connectivity index (χ3n) is 3.70. The van der Waals surface area contributed by atoms with Crippen molar-refractivity contribution in [1.82, 2.24) is 4.98 Å². The Labute approximate surface area is 155 Å². The van der Waals surface area contributed by atoms with Crippen molar-refractivity contribution >= 4 is 39.4 Å². The number of pyridine rings is 1. The van der Waals surface area contributed by atoms with E-state index in [4.69, 9.17) is 4.74 Å². The Bertz CT molecular complexity index is 936. The smallest absolute Gasteiger partial charge is 0.489 e. The van der Waals surface area contributed by atoms with Crippen LogP contribution in [0.4, 0.5) is 13.2 Å². The summed E-state index contributed by atoms with van der Waals surface area (Å²) in [5, 5.41) is 19.1. The predicted octanol–water partition coefficient (Wildman–Crippen LogP) is 3.27. The highest BCUT2D eigenvalue weighted by Crippen LogP contribution is 2.33. The van der Waals surface area contributed by atoms with Gasteiger partial charge in [-0.05, 0) is 23.8 Å². The number of aromatic nitrogens is 1. The molecule has 4 nitrogen and oxygen atoms in total. The van der Waals surface area contributed by atoms with Gasteiger partial charge in [0.1, 0.15) is 18.1 Å². The molecule has 0 unspecified atom stereocenters. The lowest BCUT2D eigenvalue weighted by Gasteiger charge is -2.16. The third kappa shape index (κ3) is 3.84. The fourth-order valence-electron chi connectivity index (χ4n) is 2.50. The summed E-state index contributed by atoms with van der Waals surface area (Å²) in [5.41, 5.74) is -1.08. The molecule has 2 aromatic carbocycles. The zero-order valence-electron chi connectivity index (χ0n) is 13.2. The van der Waals surface area contributed by atoms with Gasteiger partial charge in [0.15, 0.2) is 0 Å². The van der Waals surface area contributed by atoms with Crippen LogP contribution in [0.2, 0.25) is 0 Å². The molecule has 0 aliphatic carbocycles. The van der Waals surface area contributed by atoms with Crippen LogP contribution in [0.25, 0.3) is 10.9 Å². The Morgan fingerprint density at radius 3 is 2.38 bits per heavy atom. The average molecular weight is 426 g/mol. The monoisotopic (exact) mass is 425 g/mol. The van der Waals surface area contributed by atoms with Crippen LogP contribution in [0.1, 0.15) is 11.3 Å². The molecule has 0 radical (unpaired) electrons. The molecule has 9 heteroatoms. The second-order valence-electron chi connectivity index (χ2n) is 5.51. The Hall–Kier alpha value is -2.10. The zero-order chi connectivity index (χ0) is 18.9. The summed E-state index contributed by atoms with van der Waals surface area (Å²) in [6, 6.07) is 13.8. The minimum Gasteiger partial charge on any atom is -0.489 e. The lowest BCUT2D eigenvalue weighted by molar-refractivity contribution is -0.140. The number of rotatable bonds is 4. The van der Waals surface area contributed by atoms with Gasteiger partial charge in [0, 0.05) is 15.3 Å². The van der Waals surface area contributed by atoms with Gasteiger partial charge in [-0.1, -0.05) is 46.3 Å². The van der Waals surface area contributed by atoms with Crippen molar-refractivity contribution in [2.45, 2.75) is 12.8 Å². The van der Waals surface area contributed by atoms with Crippen LogP contribution in [0.15, 0.2) is 53.0 Å². The number of hydrogen-bond donors (Lipinski definition) is 2. The van der Waals surface area contributed by atoms with Gasteiger partial charge in [-0.2, -0.15) is 13.2 Å². The molecule has 3 aromatic rings. The van der Waals surface area contributed by atoms with Crippen molar-refractivity contribution in [3.8, 4) is 5.75 Å². The summed E-state index contributed by atoms with van der Waals surface area (Å²) in [6.07, 6.45) is -4.82. The molecular formula is C17H12BBrF3NO3. The van der Waals surface area contributed by atoms with E-state index >= 15 is 0 Å². The molecule has 0 aliphatic rings. The van der Waals surface area contributed by atoms with Crippen molar-refractivity contribution in [3.05, 3.63) is 64.3 Å². The van der Waals surface area contributed by atoms with Crippen LogP contribution < -0.4 is 10.2 Å². The second kappa shape index (κ2) is 7.26. The first-order chi connectivity index (χ1) is 12.3. The van der Waals surface area contributed by atoms with Gasteiger partial charge in [0.25, 0.3) is 0 Å². The topological polar surface area (TPSA) is 62.6 Å². The maximum absolute atomic E-state index is 13.2. The molecule has 1 aromatic heterocycles. The van der Waals surface area contributed by atoms with Crippen LogP contribution in [0.5, 0.6) is 5.75 Å². The van der Waals surface area contributed by atoms with E-state index in [1.54, 1.807) is 0 Å². The minimum atomic E-state index is -4.82. The van der Waals surface area contributed by atoms with Gasteiger partial charge in [0.2, 0.25) is 0 Å². The largest absolute Gasteiger partial charge is 0.491 e. The Morgan fingerprint density at radius 2 is 1.77 bits per heavy atom. The van der Waals surface area contributed by atoms with Gasteiger partial charge in [-0.15, -0.1) is 0 Å². The molecule has 0 bridgehead atoms. The number of nitrogens with zero attached hydrogens (tertiary/aromatic N) is 1. The Morgan fingerprint density at radius 1 is 1.08 bits per heavy atom.